The molecule has 4 heteroatoms. The molecule has 0 N–H and O–H groups in total. The van der Waals surface area contributed by atoms with Crippen LogP contribution in [0.15, 0.2) is 54.6 Å². The number of aryl methyl sites for hydroxylation is 1. The van der Waals surface area contributed by atoms with Gasteiger partial charge in [0.2, 0.25) is 0 Å². The third-order valence-corrected chi connectivity index (χ3v) is 3.79. The molecular weight excluding hydrogens is 291 g/mol. The summed E-state index contributed by atoms with van der Waals surface area (Å²) in [5, 5.41) is 0.809. The Bertz CT molecular complexity index is 876. The first-order chi connectivity index (χ1) is 11.1. The standard InChI is InChI=1S/C19H17FN2O/c1-13-11-16(15-8-4-6-10-18(15)21-13)19(23)22(2)12-14-7-3-5-9-17(14)20/h3-11H,12H2,1-2H3. The number of hydrogen-bond acceptors (Lipinski definition) is 2. The molecule has 1 amide bonds. The molecule has 0 bridgehead atoms. The maximum absolute atomic E-state index is 13.8. The number of rotatable bonds is 3. The van der Waals surface area contributed by atoms with Gasteiger partial charge >= 0.3 is 0 Å². The van der Waals surface area contributed by atoms with Gasteiger partial charge in [0.05, 0.1) is 11.1 Å². The molecule has 3 aromatic rings. The zero-order chi connectivity index (χ0) is 16.4. The number of para-hydroxylation sites is 1. The lowest BCUT2D eigenvalue weighted by Crippen LogP contribution is -2.27. The van der Waals surface area contributed by atoms with Gasteiger partial charge in [0.1, 0.15) is 5.82 Å². The van der Waals surface area contributed by atoms with Crippen molar-refractivity contribution in [2.24, 2.45) is 0 Å². The van der Waals surface area contributed by atoms with Crippen molar-refractivity contribution in [1.29, 1.82) is 0 Å². The van der Waals surface area contributed by atoms with E-state index >= 15 is 0 Å². The minimum absolute atomic E-state index is 0.144. The van der Waals surface area contributed by atoms with E-state index in [4.69, 9.17) is 0 Å². The summed E-state index contributed by atoms with van der Waals surface area (Å²) < 4.78 is 13.8. The fraction of sp³-hybridized carbons (Fsp3) is 0.158. The molecule has 3 nitrogen and oxygen atoms in total. The minimum Gasteiger partial charge on any atom is -0.337 e. The highest BCUT2D eigenvalue weighted by molar-refractivity contribution is 6.06. The van der Waals surface area contributed by atoms with Gasteiger partial charge in [-0.2, -0.15) is 0 Å². The summed E-state index contributed by atoms with van der Waals surface area (Å²) in [4.78, 5) is 18.8. The van der Waals surface area contributed by atoms with E-state index in [1.807, 2.05) is 31.2 Å². The van der Waals surface area contributed by atoms with Crippen LogP contribution in [0.5, 0.6) is 0 Å². The quantitative estimate of drug-likeness (QED) is 0.734. The Kier molecular flexibility index (Phi) is 4.06. The number of carbonyl (C=O) groups excluding carboxylic acids is 1. The summed E-state index contributed by atoms with van der Waals surface area (Å²) in [6.45, 7) is 2.08. The van der Waals surface area contributed by atoms with Crippen LogP contribution in [0, 0.1) is 12.7 Å². The van der Waals surface area contributed by atoms with Crippen LogP contribution >= 0.6 is 0 Å². The molecule has 0 aliphatic rings. The molecule has 23 heavy (non-hydrogen) atoms. The number of fused-ring (bicyclic) bond motifs is 1. The number of aromatic nitrogens is 1. The molecular formula is C19H17FN2O. The van der Waals surface area contributed by atoms with Gasteiger partial charge in [-0.25, -0.2) is 4.39 Å². The zero-order valence-electron chi connectivity index (χ0n) is 13.1. The Morgan fingerprint density at radius 3 is 2.61 bits per heavy atom. The lowest BCUT2D eigenvalue weighted by molar-refractivity contribution is 0.0785. The number of hydrogen-bond donors (Lipinski definition) is 0. The Morgan fingerprint density at radius 2 is 1.83 bits per heavy atom. The van der Waals surface area contributed by atoms with Crippen LogP contribution in [0.4, 0.5) is 4.39 Å². The minimum atomic E-state index is -0.303. The van der Waals surface area contributed by atoms with Crippen LogP contribution in [-0.4, -0.2) is 22.8 Å². The third kappa shape index (κ3) is 3.06. The molecule has 0 saturated carbocycles. The second-order valence-electron chi connectivity index (χ2n) is 5.58. The average molecular weight is 308 g/mol. The Balaban J connectivity index is 1.95. The van der Waals surface area contributed by atoms with Crippen LogP contribution in [0.25, 0.3) is 10.9 Å². The van der Waals surface area contributed by atoms with Crippen molar-refractivity contribution in [1.82, 2.24) is 9.88 Å². The first kappa shape index (κ1) is 15.2. The molecule has 0 unspecified atom stereocenters. The topological polar surface area (TPSA) is 33.2 Å². The van der Waals surface area contributed by atoms with E-state index < -0.39 is 0 Å². The predicted octanol–water partition coefficient (Wildman–Crippen LogP) is 3.95. The van der Waals surface area contributed by atoms with E-state index in [0.717, 1.165) is 16.6 Å². The van der Waals surface area contributed by atoms with Gasteiger partial charge in [-0.15, -0.1) is 0 Å². The summed E-state index contributed by atoms with van der Waals surface area (Å²) in [7, 11) is 1.68. The first-order valence-corrected chi connectivity index (χ1v) is 7.41. The maximum atomic E-state index is 13.8. The van der Waals surface area contributed by atoms with Crippen molar-refractivity contribution in [3.05, 3.63) is 77.2 Å². The van der Waals surface area contributed by atoms with Gasteiger partial charge in [-0.05, 0) is 25.1 Å². The SMILES string of the molecule is Cc1cc(C(=O)N(C)Cc2ccccc2F)c2ccccc2n1. The fourth-order valence-corrected chi connectivity index (χ4v) is 2.64. The lowest BCUT2D eigenvalue weighted by Gasteiger charge is -2.19. The van der Waals surface area contributed by atoms with Crippen molar-refractivity contribution in [3.8, 4) is 0 Å². The molecule has 0 radical (unpaired) electrons. The first-order valence-electron chi connectivity index (χ1n) is 7.41. The summed E-state index contributed by atoms with van der Waals surface area (Å²) in [5.41, 5.74) is 2.66. The molecule has 0 spiro atoms. The van der Waals surface area contributed by atoms with E-state index in [0.29, 0.717) is 11.1 Å². The highest BCUT2D eigenvalue weighted by atomic mass is 19.1. The highest BCUT2D eigenvalue weighted by Crippen LogP contribution is 2.20. The predicted molar refractivity (Wildman–Crippen MR) is 88.7 cm³/mol. The van der Waals surface area contributed by atoms with Gasteiger partial charge in [-0.3, -0.25) is 9.78 Å². The van der Waals surface area contributed by atoms with E-state index in [9.17, 15) is 9.18 Å². The maximum Gasteiger partial charge on any atom is 0.254 e. The van der Waals surface area contributed by atoms with E-state index in [2.05, 4.69) is 4.98 Å². The van der Waals surface area contributed by atoms with Gasteiger partial charge in [0, 0.05) is 30.2 Å². The highest BCUT2D eigenvalue weighted by Gasteiger charge is 2.17. The second kappa shape index (κ2) is 6.16. The van der Waals surface area contributed by atoms with Gasteiger partial charge in [0.15, 0.2) is 0 Å². The van der Waals surface area contributed by atoms with Crippen LogP contribution in [0.1, 0.15) is 21.6 Å². The molecule has 0 aliphatic carbocycles. The van der Waals surface area contributed by atoms with Crippen LogP contribution in [-0.2, 0) is 6.54 Å². The van der Waals surface area contributed by atoms with Crippen molar-refractivity contribution >= 4 is 16.8 Å². The largest absolute Gasteiger partial charge is 0.337 e. The van der Waals surface area contributed by atoms with Gasteiger partial charge in [-0.1, -0.05) is 36.4 Å². The number of pyridine rings is 1. The summed E-state index contributed by atoms with van der Waals surface area (Å²) in [5.74, 6) is -0.446. The average Bonchev–Trinajstić information content (AvgIpc) is 2.55. The summed E-state index contributed by atoms with van der Waals surface area (Å²) in [6.07, 6.45) is 0. The number of amides is 1. The smallest absolute Gasteiger partial charge is 0.254 e. The number of nitrogens with zero attached hydrogens (tertiary/aromatic N) is 2. The molecule has 0 fully saturated rings. The fourth-order valence-electron chi connectivity index (χ4n) is 2.64. The monoisotopic (exact) mass is 308 g/mol. The molecule has 0 aliphatic heterocycles. The molecule has 3 rings (SSSR count). The molecule has 116 valence electrons. The van der Waals surface area contributed by atoms with E-state index in [-0.39, 0.29) is 18.3 Å². The third-order valence-electron chi connectivity index (χ3n) is 3.79. The normalized spacial score (nSPS) is 10.7. The van der Waals surface area contributed by atoms with E-state index in [1.165, 1.54) is 11.0 Å². The van der Waals surface area contributed by atoms with Crippen molar-refractivity contribution in [3.63, 3.8) is 0 Å². The Hall–Kier alpha value is -2.75. The van der Waals surface area contributed by atoms with Crippen molar-refractivity contribution in [2.45, 2.75) is 13.5 Å². The van der Waals surface area contributed by atoms with E-state index in [1.54, 1.807) is 31.3 Å². The second-order valence-corrected chi connectivity index (χ2v) is 5.58. The van der Waals surface area contributed by atoms with Crippen LogP contribution in [0.3, 0.4) is 0 Å². The number of halogens is 1. The van der Waals surface area contributed by atoms with Crippen LogP contribution in [0.2, 0.25) is 0 Å². The number of benzene rings is 2. The Labute approximate surface area is 134 Å². The van der Waals surface area contributed by atoms with Crippen LogP contribution < -0.4 is 0 Å². The summed E-state index contributed by atoms with van der Waals surface area (Å²) in [6, 6.07) is 15.8. The molecule has 2 aromatic carbocycles. The molecule has 1 aromatic heterocycles. The zero-order valence-corrected chi connectivity index (χ0v) is 13.1. The molecule has 0 saturated heterocycles. The number of carbonyl (C=O) groups is 1. The van der Waals surface area contributed by atoms with Gasteiger partial charge in [0.25, 0.3) is 5.91 Å². The lowest BCUT2D eigenvalue weighted by atomic mass is 10.1. The Morgan fingerprint density at radius 1 is 1.13 bits per heavy atom. The summed E-state index contributed by atoms with van der Waals surface area (Å²) >= 11 is 0. The van der Waals surface area contributed by atoms with Gasteiger partial charge < -0.3 is 4.90 Å². The van der Waals surface area contributed by atoms with Crippen molar-refractivity contribution < 1.29 is 9.18 Å². The van der Waals surface area contributed by atoms with Crippen molar-refractivity contribution in [2.75, 3.05) is 7.05 Å². The molecule has 1 heterocycles. The molecule has 0 atom stereocenters.